The zero-order chi connectivity index (χ0) is 15.1. The number of aromatic nitrogens is 1. The van der Waals surface area contributed by atoms with Crippen LogP contribution in [0.1, 0.15) is 24.1 Å². The topological polar surface area (TPSA) is 69.0 Å². The van der Waals surface area contributed by atoms with Gasteiger partial charge >= 0.3 is 0 Å². The Morgan fingerprint density at radius 3 is 2.86 bits per heavy atom. The summed E-state index contributed by atoms with van der Waals surface area (Å²) in [6, 6.07) is 6.05. The molecule has 21 heavy (non-hydrogen) atoms. The Morgan fingerprint density at radius 2 is 2.24 bits per heavy atom. The van der Waals surface area contributed by atoms with Crippen LogP contribution in [0.15, 0.2) is 18.3 Å². The Bertz CT molecular complexity index is 498. The van der Waals surface area contributed by atoms with Crippen LogP contribution in [-0.4, -0.2) is 42.0 Å². The van der Waals surface area contributed by atoms with Gasteiger partial charge in [-0.05, 0) is 50.4 Å². The molecule has 1 aliphatic rings. The van der Waals surface area contributed by atoms with Crippen molar-refractivity contribution in [3.8, 4) is 6.07 Å². The first kappa shape index (κ1) is 15.5. The molecule has 0 unspecified atom stereocenters. The molecule has 1 amide bonds. The second-order valence-electron chi connectivity index (χ2n) is 5.67. The molecule has 0 aromatic carbocycles. The van der Waals surface area contributed by atoms with Gasteiger partial charge in [0.1, 0.15) is 0 Å². The van der Waals surface area contributed by atoms with Crippen LogP contribution in [0.3, 0.4) is 0 Å². The van der Waals surface area contributed by atoms with Crippen molar-refractivity contribution in [2.24, 2.45) is 5.92 Å². The molecule has 2 rings (SSSR count). The van der Waals surface area contributed by atoms with E-state index in [0.29, 0.717) is 18.9 Å². The molecule has 1 aromatic rings. The van der Waals surface area contributed by atoms with E-state index >= 15 is 0 Å². The molecule has 0 aliphatic carbocycles. The maximum atomic E-state index is 11.9. The standard InChI is InChI=1S/C16H22N4O/c1-13-2-3-15(12-18-13)10-16(21)19-11-14-4-7-20(8-5-14)9-6-17/h2-3,12,14H,4-5,7-11H2,1H3,(H,19,21). The van der Waals surface area contributed by atoms with Crippen LogP contribution in [0.25, 0.3) is 0 Å². The SMILES string of the molecule is Cc1ccc(CC(=O)NCC2CCN(CC#N)CC2)cn1. The largest absolute Gasteiger partial charge is 0.356 e. The highest BCUT2D eigenvalue weighted by Gasteiger charge is 2.19. The molecule has 1 N–H and O–H groups in total. The van der Waals surface area contributed by atoms with Crippen LogP contribution < -0.4 is 5.32 Å². The molecule has 1 fully saturated rings. The summed E-state index contributed by atoms with van der Waals surface area (Å²) in [5.74, 6) is 0.583. The first-order valence-electron chi connectivity index (χ1n) is 7.45. The third-order valence-electron chi connectivity index (χ3n) is 3.93. The van der Waals surface area contributed by atoms with E-state index in [-0.39, 0.29) is 5.91 Å². The van der Waals surface area contributed by atoms with Crippen molar-refractivity contribution >= 4 is 5.91 Å². The van der Waals surface area contributed by atoms with Crippen molar-refractivity contribution in [2.75, 3.05) is 26.2 Å². The van der Waals surface area contributed by atoms with E-state index in [2.05, 4.69) is 21.3 Å². The van der Waals surface area contributed by atoms with Gasteiger partial charge in [-0.25, -0.2) is 0 Å². The number of pyridine rings is 1. The van der Waals surface area contributed by atoms with Gasteiger partial charge in [-0.1, -0.05) is 6.07 Å². The minimum absolute atomic E-state index is 0.0557. The van der Waals surface area contributed by atoms with Gasteiger partial charge in [-0.3, -0.25) is 14.7 Å². The van der Waals surface area contributed by atoms with E-state index in [0.717, 1.165) is 43.7 Å². The highest BCUT2D eigenvalue weighted by molar-refractivity contribution is 5.78. The summed E-state index contributed by atoms with van der Waals surface area (Å²) in [5.41, 5.74) is 1.91. The van der Waals surface area contributed by atoms with Crippen LogP contribution in [-0.2, 0) is 11.2 Å². The molecule has 0 spiro atoms. The fraction of sp³-hybridized carbons (Fsp3) is 0.562. The molecule has 1 saturated heterocycles. The Balaban J connectivity index is 1.68. The van der Waals surface area contributed by atoms with Crippen LogP contribution in [0, 0.1) is 24.2 Å². The highest BCUT2D eigenvalue weighted by atomic mass is 16.1. The smallest absolute Gasteiger partial charge is 0.224 e. The molecule has 1 aliphatic heterocycles. The number of hydrogen-bond acceptors (Lipinski definition) is 4. The number of nitrogens with zero attached hydrogens (tertiary/aromatic N) is 3. The summed E-state index contributed by atoms with van der Waals surface area (Å²) in [4.78, 5) is 18.3. The lowest BCUT2D eigenvalue weighted by Gasteiger charge is -2.30. The zero-order valence-corrected chi connectivity index (χ0v) is 12.5. The zero-order valence-electron chi connectivity index (χ0n) is 12.5. The lowest BCUT2D eigenvalue weighted by molar-refractivity contribution is -0.120. The summed E-state index contributed by atoms with van der Waals surface area (Å²) in [6.45, 7) is 5.09. The van der Waals surface area contributed by atoms with Crippen molar-refractivity contribution in [2.45, 2.75) is 26.2 Å². The van der Waals surface area contributed by atoms with Gasteiger partial charge in [0.15, 0.2) is 0 Å². The van der Waals surface area contributed by atoms with Gasteiger partial charge < -0.3 is 5.32 Å². The quantitative estimate of drug-likeness (QED) is 0.828. The van der Waals surface area contributed by atoms with E-state index in [4.69, 9.17) is 5.26 Å². The molecule has 1 aromatic heterocycles. The van der Waals surface area contributed by atoms with Gasteiger partial charge in [-0.2, -0.15) is 5.26 Å². The second-order valence-corrected chi connectivity index (χ2v) is 5.67. The average Bonchev–Trinajstić information content (AvgIpc) is 2.49. The summed E-state index contributed by atoms with van der Waals surface area (Å²) in [5, 5.41) is 11.7. The molecule has 112 valence electrons. The number of rotatable bonds is 5. The molecule has 0 radical (unpaired) electrons. The van der Waals surface area contributed by atoms with Crippen molar-refractivity contribution in [3.63, 3.8) is 0 Å². The Labute approximate surface area is 126 Å². The fourth-order valence-corrected chi connectivity index (χ4v) is 2.56. The van der Waals surface area contributed by atoms with E-state index in [1.54, 1.807) is 6.20 Å². The summed E-state index contributed by atoms with van der Waals surface area (Å²) >= 11 is 0. The molecule has 0 atom stereocenters. The van der Waals surface area contributed by atoms with Crippen molar-refractivity contribution < 1.29 is 4.79 Å². The number of likely N-dealkylation sites (tertiary alicyclic amines) is 1. The number of nitriles is 1. The number of carbonyl (C=O) groups excluding carboxylic acids is 1. The normalized spacial score (nSPS) is 16.4. The number of aryl methyl sites for hydroxylation is 1. The highest BCUT2D eigenvalue weighted by Crippen LogP contribution is 2.15. The number of carbonyl (C=O) groups is 1. The van der Waals surface area contributed by atoms with Crippen LogP contribution >= 0.6 is 0 Å². The first-order chi connectivity index (χ1) is 10.2. The number of amides is 1. The maximum Gasteiger partial charge on any atom is 0.224 e. The minimum Gasteiger partial charge on any atom is -0.356 e. The molecule has 5 heteroatoms. The lowest BCUT2D eigenvalue weighted by Crippen LogP contribution is -2.39. The van der Waals surface area contributed by atoms with Crippen LogP contribution in [0.5, 0.6) is 0 Å². The van der Waals surface area contributed by atoms with E-state index < -0.39 is 0 Å². The van der Waals surface area contributed by atoms with Gasteiger partial charge in [0.2, 0.25) is 5.91 Å². The summed E-state index contributed by atoms with van der Waals surface area (Å²) < 4.78 is 0. The Morgan fingerprint density at radius 1 is 1.48 bits per heavy atom. The molecular weight excluding hydrogens is 264 g/mol. The molecular formula is C16H22N4O. The number of piperidine rings is 1. The fourth-order valence-electron chi connectivity index (χ4n) is 2.56. The van der Waals surface area contributed by atoms with E-state index in [1.165, 1.54) is 0 Å². The van der Waals surface area contributed by atoms with Gasteiger partial charge in [0.25, 0.3) is 0 Å². The van der Waals surface area contributed by atoms with Crippen molar-refractivity contribution in [1.82, 2.24) is 15.2 Å². The monoisotopic (exact) mass is 286 g/mol. The lowest BCUT2D eigenvalue weighted by atomic mass is 9.97. The third-order valence-corrected chi connectivity index (χ3v) is 3.93. The molecule has 0 saturated carbocycles. The minimum atomic E-state index is 0.0557. The van der Waals surface area contributed by atoms with Gasteiger partial charge in [0.05, 0.1) is 19.0 Å². The molecule has 0 bridgehead atoms. The van der Waals surface area contributed by atoms with E-state index in [9.17, 15) is 4.79 Å². The molecule has 5 nitrogen and oxygen atoms in total. The summed E-state index contributed by atoms with van der Waals surface area (Å²) in [6.07, 6.45) is 4.25. The predicted molar refractivity (Wildman–Crippen MR) is 80.5 cm³/mol. The third kappa shape index (κ3) is 5.16. The van der Waals surface area contributed by atoms with Crippen LogP contribution in [0.4, 0.5) is 0 Å². The summed E-state index contributed by atoms with van der Waals surface area (Å²) in [7, 11) is 0. The van der Waals surface area contributed by atoms with Crippen molar-refractivity contribution in [3.05, 3.63) is 29.6 Å². The first-order valence-corrected chi connectivity index (χ1v) is 7.45. The maximum absolute atomic E-state index is 11.9. The number of nitrogens with one attached hydrogen (secondary N) is 1. The van der Waals surface area contributed by atoms with Gasteiger partial charge in [0, 0.05) is 18.4 Å². The van der Waals surface area contributed by atoms with Gasteiger partial charge in [-0.15, -0.1) is 0 Å². The predicted octanol–water partition coefficient (Wildman–Crippen LogP) is 1.28. The second kappa shape index (κ2) is 7.75. The Hall–Kier alpha value is -1.93. The Kier molecular flexibility index (Phi) is 5.70. The van der Waals surface area contributed by atoms with Crippen molar-refractivity contribution in [1.29, 1.82) is 5.26 Å². The average molecular weight is 286 g/mol. The van der Waals surface area contributed by atoms with Crippen LogP contribution in [0.2, 0.25) is 0 Å². The molecule has 2 heterocycles. The number of hydrogen-bond donors (Lipinski definition) is 1. The van der Waals surface area contributed by atoms with E-state index in [1.807, 2.05) is 19.1 Å².